The number of carboxylic acids is 1. The predicted molar refractivity (Wildman–Crippen MR) is 84.9 cm³/mol. The Morgan fingerprint density at radius 3 is 1.79 bits per heavy atom. The number of hydrogen-bond acceptors (Lipinski definition) is 1. The molecule has 0 aromatic heterocycles. The van der Waals surface area contributed by atoms with E-state index in [1.54, 1.807) is 0 Å². The second-order valence-electron chi connectivity index (χ2n) is 5.80. The molecule has 0 heterocycles. The first-order valence-corrected chi connectivity index (χ1v) is 11.9. The molecule has 110 valence electrons. The SMILES string of the molecule is CCCCCCCCCC(=O)O.CCCC[CH](C)[Cs]. The summed E-state index contributed by atoms with van der Waals surface area (Å²) in [6.07, 6.45) is 13.0. The zero-order valence-corrected chi connectivity index (χ0v) is 20.0. The van der Waals surface area contributed by atoms with Crippen LogP contribution >= 0.6 is 0 Å². The molecule has 0 aliphatic heterocycles. The monoisotopic (exact) mass is 390 g/mol. The molecule has 0 rings (SSSR count). The van der Waals surface area contributed by atoms with E-state index in [9.17, 15) is 4.79 Å². The Hall–Kier alpha value is 1.52. The second-order valence-corrected chi connectivity index (χ2v) is 12.0. The Kier molecular flexibility index (Phi) is 23.4. The summed E-state index contributed by atoms with van der Waals surface area (Å²) in [6, 6.07) is 0. The van der Waals surface area contributed by atoms with Gasteiger partial charge in [0, 0.05) is 6.42 Å². The maximum absolute atomic E-state index is 10.1. The fourth-order valence-electron chi connectivity index (χ4n) is 1.85. The van der Waals surface area contributed by atoms with Crippen LogP contribution in [0.4, 0.5) is 0 Å². The van der Waals surface area contributed by atoms with Gasteiger partial charge in [0.25, 0.3) is 0 Å². The maximum atomic E-state index is 10.1. The van der Waals surface area contributed by atoms with Crippen LogP contribution in [0.5, 0.6) is 0 Å². The zero-order valence-electron chi connectivity index (χ0n) is 13.7. The van der Waals surface area contributed by atoms with Gasteiger partial charge in [-0.1, -0.05) is 45.4 Å². The fourth-order valence-corrected chi connectivity index (χ4v) is 3.13. The van der Waals surface area contributed by atoms with Crippen molar-refractivity contribution in [2.24, 2.45) is 0 Å². The van der Waals surface area contributed by atoms with Crippen molar-refractivity contribution in [3.63, 3.8) is 0 Å². The van der Waals surface area contributed by atoms with Crippen LogP contribution in [0.2, 0.25) is -2.66 Å². The second kappa shape index (κ2) is 19.5. The first-order chi connectivity index (χ1) is 9.04. The van der Waals surface area contributed by atoms with Crippen LogP contribution in [0, 0.1) is 0 Å². The molecule has 0 aromatic rings. The Morgan fingerprint density at radius 1 is 0.947 bits per heavy atom. The molecule has 0 amide bonds. The van der Waals surface area contributed by atoms with Crippen molar-refractivity contribution in [2.45, 2.75) is 88.7 Å². The van der Waals surface area contributed by atoms with Crippen molar-refractivity contribution in [3.8, 4) is 0 Å². The molecular weight excluding hydrogens is 357 g/mol. The van der Waals surface area contributed by atoms with Gasteiger partial charge in [-0.2, -0.15) is 0 Å². The minimum absolute atomic E-state index is 0.341. The van der Waals surface area contributed by atoms with Gasteiger partial charge in [0.2, 0.25) is 0 Å². The van der Waals surface area contributed by atoms with Crippen LogP contribution in [-0.4, -0.2) is 77.0 Å². The Morgan fingerprint density at radius 2 is 1.42 bits per heavy atom. The van der Waals surface area contributed by atoms with Crippen LogP contribution < -0.4 is 0 Å². The summed E-state index contributed by atoms with van der Waals surface area (Å²) in [5, 5.41) is 8.35. The molecule has 1 unspecified atom stereocenters. The normalized spacial score (nSPS) is 11.6. The van der Waals surface area contributed by atoms with Gasteiger partial charge in [-0.15, -0.1) is 0 Å². The Labute approximate surface area is 167 Å². The third-order valence-corrected chi connectivity index (χ3v) is 4.94. The summed E-state index contributed by atoms with van der Waals surface area (Å²) < 4.78 is 1.12. The number of aliphatic carboxylic acids is 1. The average molecular weight is 390 g/mol. The summed E-state index contributed by atoms with van der Waals surface area (Å²) in [4.78, 5) is 10.1. The molecule has 3 heteroatoms. The van der Waals surface area contributed by atoms with E-state index >= 15 is 0 Å². The van der Waals surface area contributed by atoms with E-state index in [4.69, 9.17) is 5.11 Å². The van der Waals surface area contributed by atoms with Gasteiger partial charge in [-0.3, -0.25) is 4.79 Å². The molecule has 19 heavy (non-hydrogen) atoms. The van der Waals surface area contributed by atoms with E-state index in [0.717, 1.165) is 76.1 Å². The first-order valence-electron chi connectivity index (χ1n) is 8.26. The van der Waals surface area contributed by atoms with E-state index < -0.39 is 5.97 Å². The molecule has 0 fully saturated rings. The number of unbranched alkanes of at least 4 members (excludes halogenated alkanes) is 7. The summed E-state index contributed by atoms with van der Waals surface area (Å²) >= 11 is 0.849. The number of hydrogen-bond donors (Lipinski definition) is 1. The zero-order chi connectivity index (χ0) is 14.9. The van der Waals surface area contributed by atoms with Gasteiger partial charge < -0.3 is 5.11 Å². The fraction of sp³-hybridized carbons (Fsp3) is 0.938. The number of rotatable bonds is 11. The molecule has 0 radical (unpaired) electrons. The summed E-state index contributed by atoms with van der Waals surface area (Å²) in [7, 11) is 0. The van der Waals surface area contributed by atoms with Crippen molar-refractivity contribution >= 4 is 71.9 Å². The molecule has 0 saturated carbocycles. The number of carbonyl (C=O) groups is 1. The van der Waals surface area contributed by atoms with Crippen molar-refractivity contribution in [1.82, 2.24) is 0 Å². The van der Waals surface area contributed by atoms with Crippen LogP contribution in [0.25, 0.3) is 0 Å². The molecule has 0 aliphatic carbocycles. The van der Waals surface area contributed by atoms with Crippen molar-refractivity contribution in [2.75, 3.05) is 0 Å². The third kappa shape index (κ3) is 28.4. The summed E-state index contributed by atoms with van der Waals surface area (Å²) in [5.74, 6) is -0.663. The van der Waals surface area contributed by atoms with E-state index in [1.165, 1.54) is 51.4 Å². The standard InChI is InChI=1S/C10H20O2.C6H13.Cs/c1-2-3-4-5-6-7-8-9-10(11)12;1-3-5-6-4-2;/h2-9H2,1H3,(H,11,12);3H,4-6H2,1-2H3;. The molecule has 0 spiro atoms. The van der Waals surface area contributed by atoms with E-state index in [2.05, 4.69) is 20.8 Å². The summed E-state index contributed by atoms with van der Waals surface area (Å²) in [6.45, 7) is 6.83. The molecule has 0 saturated heterocycles. The van der Waals surface area contributed by atoms with E-state index in [-0.39, 0.29) is 0 Å². The Balaban J connectivity index is 0. The van der Waals surface area contributed by atoms with Gasteiger partial charge in [0.1, 0.15) is 0 Å². The average Bonchev–Trinajstić information content (AvgIpc) is 2.35. The third-order valence-electron chi connectivity index (χ3n) is 3.13. The van der Waals surface area contributed by atoms with Gasteiger partial charge in [0.05, 0.1) is 0 Å². The van der Waals surface area contributed by atoms with E-state index in [1.807, 2.05) is 0 Å². The van der Waals surface area contributed by atoms with Gasteiger partial charge in [-0.05, 0) is 6.42 Å². The molecule has 1 atom stereocenters. The topological polar surface area (TPSA) is 37.3 Å². The van der Waals surface area contributed by atoms with Crippen molar-refractivity contribution < 1.29 is 9.90 Å². The van der Waals surface area contributed by atoms with Crippen molar-refractivity contribution in [1.29, 1.82) is 0 Å². The van der Waals surface area contributed by atoms with Crippen LogP contribution in [0.15, 0.2) is 0 Å². The molecule has 0 aliphatic rings. The van der Waals surface area contributed by atoms with Crippen LogP contribution in [0.3, 0.4) is 0 Å². The molecular formula is C16H33CsO2. The first kappa shape index (κ1) is 22.8. The summed E-state index contributed by atoms with van der Waals surface area (Å²) in [5.41, 5.74) is 0. The van der Waals surface area contributed by atoms with Gasteiger partial charge in [-0.25, -0.2) is 0 Å². The Bertz CT molecular complexity index is 182. The van der Waals surface area contributed by atoms with Gasteiger partial charge in [0.15, 0.2) is 0 Å². The van der Waals surface area contributed by atoms with E-state index in [0.29, 0.717) is 6.42 Å². The molecule has 0 aromatic carbocycles. The van der Waals surface area contributed by atoms with Crippen molar-refractivity contribution in [3.05, 3.63) is 0 Å². The molecule has 2 nitrogen and oxygen atoms in total. The van der Waals surface area contributed by atoms with Crippen LogP contribution in [0.1, 0.15) is 91.4 Å². The minimum atomic E-state index is -0.663. The quantitative estimate of drug-likeness (QED) is 0.482. The number of carboxylic acid groups (broad SMARTS) is 1. The molecule has 1 N–H and O–H groups in total. The van der Waals surface area contributed by atoms with Gasteiger partial charge >= 0.3 is 102 Å². The predicted octanol–water partition coefficient (Wildman–Crippen LogP) is 5.37. The molecule has 0 bridgehead atoms. The van der Waals surface area contributed by atoms with Crippen LogP contribution in [-0.2, 0) is 4.79 Å².